The van der Waals surface area contributed by atoms with Crippen LogP contribution >= 0.6 is 38.5 Å². The van der Waals surface area contributed by atoms with Gasteiger partial charge in [-0.05, 0) is 57.6 Å². The van der Waals surface area contributed by atoms with E-state index in [1.165, 1.54) is 3.70 Å². The van der Waals surface area contributed by atoms with Crippen LogP contribution in [0.15, 0.2) is 22.8 Å². The molecule has 0 bridgehead atoms. The summed E-state index contributed by atoms with van der Waals surface area (Å²) in [5.41, 5.74) is 2.06. The number of rotatable bonds is 0. The van der Waals surface area contributed by atoms with Crippen LogP contribution in [0.5, 0.6) is 0 Å². The van der Waals surface area contributed by atoms with Crippen LogP contribution in [-0.2, 0) is 0 Å². The lowest BCUT2D eigenvalue weighted by Gasteiger charge is -1.95. The number of nitrogens with zero attached hydrogens (tertiary/aromatic N) is 2. The highest BCUT2D eigenvalue weighted by molar-refractivity contribution is 14.1. The van der Waals surface area contributed by atoms with Crippen molar-refractivity contribution in [3.63, 3.8) is 0 Å². The van der Waals surface area contributed by atoms with Crippen molar-refractivity contribution in [2.45, 2.75) is 6.92 Å². The van der Waals surface area contributed by atoms with Crippen molar-refractivity contribution >= 4 is 44.2 Å². The first kappa shape index (κ1) is 8.50. The second-order valence-corrected chi connectivity index (χ2v) is 4.41. The molecule has 2 heterocycles. The van der Waals surface area contributed by atoms with Gasteiger partial charge in [0.2, 0.25) is 0 Å². The van der Waals surface area contributed by atoms with Gasteiger partial charge in [0, 0.05) is 6.20 Å². The Bertz CT molecular complexity index is 436. The van der Waals surface area contributed by atoms with E-state index in [0.29, 0.717) is 0 Å². The molecule has 0 saturated carbocycles. The van der Waals surface area contributed by atoms with Crippen LogP contribution < -0.4 is 0 Å². The maximum absolute atomic E-state index is 4.42. The molecule has 4 heteroatoms. The number of aryl methyl sites for hydroxylation is 1. The monoisotopic (exact) mass is 336 g/mol. The highest BCUT2D eigenvalue weighted by atomic mass is 127. The second kappa shape index (κ2) is 2.99. The van der Waals surface area contributed by atoms with Gasteiger partial charge in [-0.2, -0.15) is 0 Å². The number of halogens is 2. The van der Waals surface area contributed by atoms with Crippen molar-refractivity contribution in [2.75, 3.05) is 0 Å². The van der Waals surface area contributed by atoms with Crippen LogP contribution in [0.2, 0.25) is 0 Å². The molecule has 0 unspecified atom stereocenters. The molecular formula is C8H6BrIN2. The molecule has 2 rings (SSSR count). The van der Waals surface area contributed by atoms with E-state index in [4.69, 9.17) is 0 Å². The predicted octanol–water partition coefficient (Wildman–Crippen LogP) is 3.01. The zero-order chi connectivity index (χ0) is 8.72. The van der Waals surface area contributed by atoms with E-state index in [1.807, 2.05) is 25.3 Å². The van der Waals surface area contributed by atoms with Crippen LogP contribution in [0.3, 0.4) is 0 Å². The normalized spacial score (nSPS) is 10.9. The maximum atomic E-state index is 4.42. The predicted molar refractivity (Wildman–Crippen MR) is 60.3 cm³/mol. The number of hydrogen-bond acceptors (Lipinski definition) is 1. The lowest BCUT2D eigenvalue weighted by atomic mass is 10.5. The number of hydrogen-bond donors (Lipinski definition) is 0. The first-order valence-corrected chi connectivity index (χ1v) is 5.36. The molecular weight excluding hydrogens is 331 g/mol. The number of pyridine rings is 1. The Labute approximate surface area is 92.3 Å². The van der Waals surface area contributed by atoms with E-state index in [9.17, 15) is 0 Å². The van der Waals surface area contributed by atoms with E-state index >= 15 is 0 Å². The third-order valence-corrected chi connectivity index (χ3v) is 3.62. The summed E-state index contributed by atoms with van der Waals surface area (Å²) in [6.07, 6.45) is 2.02. The Morgan fingerprint density at radius 2 is 2.33 bits per heavy atom. The zero-order valence-electron chi connectivity index (χ0n) is 6.38. The summed E-state index contributed by atoms with van der Waals surface area (Å²) in [5.74, 6) is 0. The molecule has 0 spiro atoms. The van der Waals surface area contributed by atoms with Crippen molar-refractivity contribution in [3.05, 3.63) is 32.2 Å². The molecule has 2 aromatic rings. The van der Waals surface area contributed by atoms with Gasteiger partial charge >= 0.3 is 0 Å². The standard InChI is InChI=1S/C8H6BrIN2/c1-5-7(10)12-4-2-3-6(9)8(12)11-5/h2-4H,1H3. The van der Waals surface area contributed by atoms with Gasteiger partial charge < -0.3 is 0 Å². The Balaban J connectivity index is 2.95. The molecule has 12 heavy (non-hydrogen) atoms. The van der Waals surface area contributed by atoms with Gasteiger partial charge in [-0.1, -0.05) is 0 Å². The zero-order valence-corrected chi connectivity index (χ0v) is 10.1. The number of fused-ring (bicyclic) bond motifs is 1. The Kier molecular flexibility index (Phi) is 2.12. The molecule has 2 aromatic heterocycles. The smallest absolute Gasteiger partial charge is 0.152 e. The minimum absolute atomic E-state index is 0.986. The van der Waals surface area contributed by atoms with Crippen molar-refractivity contribution in [3.8, 4) is 0 Å². The lowest BCUT2D eigenvalue weighted by molar-refractivity contribution is 1.14. The molecule has 0 aliphatic heterocycles. The first-order chi connectivity index (χ1) is 5.70. The fourth-order valence-electron chi connectivity index (χ4n) is 1.12. The Hall–Kier alpha value is -0.100. The summed E-state index contributed by atoms with van der Waals surface area (Å²) in [5, 5.41) is 0. The maximum Gasteiger partial charge on any atom is 0.152 e. The topological polar surface area (TPSA) is 17.3 Å². The van der Waals surface area contributed by atoms with E-state index in [1.54, 1.807) is 0 Å². The van der Waals surface area contributed by atoms with E-state index < -0.39 is 0 Å². The van der Waals surface area contributed by atoms with Crippen LogP contribution in [-0.4, -0.2) is 9.38 Å². The molecule has 2 nitrogen and oxygen atoms in total. The Morgan fingerprint density at radius 3 is 3.00 bits per heavy atom. The van der Waals surface area contributed by atoms with E-state index in [-0.39, 0.29) is 0 Å². The third kappa shape index (κ3) is 1.17. The van der Waals surface area contributed by atoms with Crippen molar-refractivity contribution < 1.29 is 0 Å². The minimum atomic E-state index is 0.986. The fraction of sp³-hybridized carbons (Fsp3) is 0.125. The highest BCUT2D eigenvalue weighted by Crippen LogP contribution is 2.20. The largest absolute Gasteiger partial charge is 0.294 e. The van der Waals surface area contributed by atoms with Gasteiger partial charge in [0.25, 0.3) is 0 Å². The lowest BCUT2D eigenvalue weighted by Crippen LogP contribution is -1.86. The molecule has 0 aromatic carbocycles. The molecule has 62 valence electrons. The quantitative estimate of drug-likeness (QED) is 0.676. The van der Waals surface area contributed by atoms with Crippen LogP contribution in [0.25, 0.3) is 5.65 Å². The minimum Gasteiger partial charge on any atom is -0.294 e. The molecule has 0 aliphatic carbocycles. The third-order valence-electron chi connectivity index (χ3n) is 1.70. The summed E-state index contributed by atoms with van der Waals surface area (Å²) < 4.78 is 4.28. The second-order valence-electron chi connectivity index (χ2n) is 2.54. The molecule has 0 amide bonds. The van der Waals surface area contributed by atoms with Crippen LogP contribution in [0.4, 0.5) is 0 Å². The van der Waals surface area contributed by atoms with Crippen molar-refractivity contribution in [1.82, 2.24) is 9.38 Å². The highest BCUT2D eigenvalue weighted by Gasteiger charge is 2.06. The molecule has 0 saturated heterocycles. The van der Waals surface area contributed by atoms with Gasteiger partial charge in [-0.15, -0.1) is 0 Å². The van der Waals surface area contributed by atoms with Crippen LogP contribution in [0, 0.1) is 10.6 Å². The van der Waals surface area contributed by atoms with Crippen molar-refractivity contribution in [1.29, 1.82) is 0 Å². The average Bonchev–Trinajstić information content (AvgIpc) is 2.32. The average molecular weight is 337 g/mol. The number of imidazole rings is 1. The van der Waals surface area contributed by atoms with Gasteiger partial charge in [0.1, 0.15) is 3.70 Å². The number of aromatic nitrogens is 2. The molecule has 0 N–H and O–H groups in total. The van der Waals surface area contributed by atoms with Gasteiger partial charge in [0.15, 0.2) is 5.65 Å². The summed E-state index contributed by atoms with van der Waals surface area (Å²) in [6, 6.07) is 4.00. The van der Waals surface area contributed by atoms with Crippen LogP contribution in [0.1, 0.15) is 5.69 Å². The van der Waals surface area contributed by atoms with Gasteiger partial charge in [0.05, 0.1) is 10.2 Å². The summed E-state index contributed by atoms with van der Waals surface area (Å²) in [4.78, 5) is 4.42. The summed E-state index contributed by atoms with van der Waals surface area (Å²) in [6.45, 7) is 2.02. The fourth-order valence-corrected chi connectivity index (χ4v) is 2.06. The molecule has 0 atom stereocenters. The molecule has 0 fully saturated rings. The SMILES string of the molecule is Cc1nc2c(Br)cccn2c1I. The molecule has 0 aliphatic rings. The van der Waals surface area contributed by atoms with E-state index in [2.05, 4.69) is 47.9 Å². The van der Waals surface area contributed by atoms with Crippen molar-refractivity contribution in [2.24, 2.45) is 0 Å². The van der Waals surface area contributed by atoms with E-state index in [0.717, 1.165) is 15.8 Å². The first-order valence-electron chi connectivity index (χ1n) is 3.49. The summed E-state index contributed by atoms with van der Waals surface area (Å²) >= 11 is 5.75. The summed E-state index contributed by atoms with van der Waals surface area (Å²) in [7, 11) is 0. The Morgan fingerprint density at radius 1 is 1.58 bits per heavy atom. The molecule has 0 radical (unpaired) electrons. The van der Waals surface area contributed by atoms with Gasteiger partial charge in [-0.3, -0.25) is 4.40 Å². The van der Waals surface area contributed by atoms with Gasteiger partial charge in [-0.25, -0.2) is 4.98 Å².